The highest BCUT2D eigenvalue weighted by Crippen LogP contribution is 2.24. The third-order valence-electron chi connectivity index (χ3n) is 2.69. The fraction of sp³-hybridized carbons (Fsp3) is 1.00. The van der Waals surface area contributed by atoms with E-state index in [2.05, 4.69) is 9.44 Å². The second kappa shape index (κ2) is 4.36. The number of hydrogen-bond donors (Lipinski definition) is 2. The van der Waals surface area contributed by atoms with Crippen LogP contribution >= 0.6 is 0 Å². The van der Waals surface area contributed by atoms with Gasteiger partial charge in [-0.2, -0.15) is 0 Å². The molecule has 1 unspecified atom stereocenters. The Balaban J connectivity index is 5.43. The van der Waals surface area contributed by atoms with E-state index in [1.54, 1.807) is 0 Å². The summed E-state index contributed by atoms with van der Waals surface area (Å²) in [6.07, 6.45) is 0. The lowest BCUT2D eigenvalue weighted by atomic mass is 10.1. The summed E-state index contributed by atoms with van der Waals surface area (Å²) in [6.45, 7) is 4.11. The molecule has 0 saturated heterocycles. The molecule has 0 rings (SSSR count). The maximum atomic E-state index is 11.6. The molecule has 8 heteroatoms. The second-order valence-corrected chi connectivity index (χ2v) is 8.38. The van der Waals surface area contributed by atoms with Gasteiger partial charge in [0.1, 0.15) is 0 Å². The number of nitrogens with one attached hydrogen (secondary N) is 2. The average Bonchev–Trinajstić information content (AvgIpc) is 2.16. The van der Waals surface area contributed by atoms with Crippen LogP contribution < -0.4 is 9.44 Å². The first kappa shape index (κ1) is 14.8. The fourth-order valence-electron chi connectivity index (χ4n) is 1.03. The Morgan fingerprint density at radius 2 is 1.40 bits per heavy atom. The van der Waals surface area contributed by atoms with Crippen molar-refractivity contribution in [3.8, 4) is 0 Å². The Bertz CT molecular complexity index is 410. The zero-order valence-electron chi connectivity index (χ0n) is 9.53. The van der Waals surface area contributed by atoms with Gasteiger partial charge in [0.2, 0.25) is 20.0 Å². The van der Waals surface area contributed by atoms with Crippen molar-refractivity contribution in [2.24, 2.45) is 0 Å². The predicted molar refractivity (Wildman–Crippen MR) is 59.5 cm³/mol. The lowest BCUT2D eigenvalue weighted by molar-refractivity contribution is 0.511. The molecule has 0 aliphatic heterocycles. The van der Waals surface area contributed by atoms with Crippen molar-refractivity contribution in [1.29, 1.82) is 0 Å². The third-order valence-corrected chi connectivity index (χ3v) is 7.20. The smallest absolute Gasteiger partial charge is 0.217 e. The van der Waals surface area contributed by atoms with Crippen molar-refractivity contribution in [3.63, 3.8) is 0 Å². The first-order valence-corrected chi connectivity index (χ1v) is 7.41. The van der Waals surface area contributed by atoms with Gasteiger partial charge in [-0.1, -0.05) is 0 Å². The van der Waals surface area contributed by atoms with Gasteiger partial charge in [0, 0.05) is 0 Å². The average molecular weight is 258 g/mol. The first-order valence-electron chi connectivity index (χ1n) is 4.38. The van der Waals surface area contributed by atoms with Crippen molar-refractivity contribution in [1.82, 2.24) is 9.44 Å². The van der Waals surface area contributed by atoms with Crippen LogP contribution in [0.1, 0.15) is 20.8 Å². The highest BCUT2D eigenvalue weighted by molar-refractivity contribution is 7.94. The summed E-state index contributed by atoms with van der Waals surface area (Å²) in [5, 5.41) is -1.05. The minimum absolute atomic E-state index is 1.05. The van der Waals surface area contributed by atoms with Gasteiger partial charge in [-0.25, -0.2) is 26.3 Å². The van der Waals surface area contributed by atoms with Crippen LogP contribution in [-0.2, 0) is 20.0 Å². The van der Waals surface area contributed by atoms with Crippen LogP contribution in [0.2, 0.25) is 0 Å². The van der Waals surface area contributed by atoms with Gasteiger partial charge in [0.25, 0.3) is 0 Å². The lowest BCUT2D eigenvalue weighted by Crippen LogP contribution is -2.53. The Morgan fingerprint density at radius 1 is 1.00 bits per heavy atom. The predicted octanol–water partition coefficient (Wildman–Crippen LogP) is -0.748. The van der Waals surface area contributed by atoms with Crippen molar-refractivity contribution >= 4 is 20.0 Å². The maximum absolute atomic E-state index is 11.6. The molecular weight excluding hydrogens is 240 g/mol. The molecule has 2 N–H and O–H groups in total. The molecule has 15 heavy (non-hydrogen) atoms. The van der Waals surface area contributed by atoms with Crippen molar-refractivity contribution in [2.45, 2.75) is 30.8 Å². The van der Waals surface area contributed by atoms with E-state index in [1.165, 1.54) is 34.9 Å². The molecule has 0 aromatic carbocycles. The van der Waals surface area contributed by atoms with E-state index in [0.717, 1.165) is 0 Å². The molecule has 0 saturated carbocycles. The molecule has 0 heterocycles. The van der Waals surface area contributed by atoms with Gasteiger partial charge < -0.3 is 0 Å². The molecule has 0 radical (unpaired) electrons. The normalized spacial score (nSPS) is 16.3. The zero-order valence-corrected chi connectivity index (χ0v) is 11.2. The minimum atomic E-state index is -3.66. The van der Waals surface area contributed by atoms with Crippen LogP contribution in [0.25, 0.3) is 0 Å². The molecule has 0 aliphatic carbocycles. The van der Waals surface area contributed by atoms with Gasteiger partial charge in [0.05, 0.1) is 10.00 Å². The molecule has 0 aromatic heterocycles. The summed E-state index contributed by atoms with van der Waals surface area (Å²) >= 11 is 0. The summed E-state index contributed by atoms with van der Waals surface area (Å²) in [7, 11) is -4.76. The van der Waals surface area contributed by atoms with E-state index < -0.39 is 30.0 Å². The summed E-state index contributed by atoms with van der Waals surface area (Å²) < 4.78 is 49.1. The number of hydrogen-bond acceptors (Lipinski definition) is 4. The Kier molecular flexibility index (Phi) is 4.31. The molecule has 0 fully saturated rings. The summed E-state index contributed by atoms with van der Waals surface area (Å²) in [5.74, 6) is 0. The van der Waals surface area contributed by atoms with Gasteiger partial charge in [-0.3, -0.25) is 0 Å². The topological polar surface area (TPSA) is 92.3 Å². The highest BCUT2D eigenvalue weighted by Gasteiger charge is 2.44. The second-order valence-electron chi connectivity index (χ2n) is 3.70. The molecule has 6 nitrogen and oxygen atoms in total. The highest BCUT2D eigenvalue weighted by atomic mass is 32.2. The summed E-state index contributed by atoms with van der Waals surface area (Å²) in [6, 6.07) is 0. The van der Waals surface area contributed by atoms with Crippen LogP contribution in [0.15, 0.2) is 0 Å². The Hall–Kier alpha value is -0.180. The fourth-order valence-corrected chi connectivity index (χ4v) is 3.86. The third kappa shape index (κ3) is 2.68. The monoisotopic (exact) mass is 258 g/mol. The number of rotatable bonds is 5. The Labute approximate surface area is 91.6 Å². The van der Waals surface area contributed by atoms with E-state index in [0.29, 0.717) is 0 Å². The van der Waals surface area contributed by atoms with Crippen LogP contribution in [0.3, 0.4) is 0 Å². The molecule has 0 bridgehead atoms. The van der Waals surface area contributed by atoms with E-state index in [4.69, 9.17) is 0 Å². The SMILES string of the molecule is CNS(=O)(=O)C(C)C(C)(C)S(=O)(=O)NC. The van der Waals surface area contributed by atoms with Crippen molar-refractivity contribution in [2.75, 3.05) is 14.1 Å². The van der Waals surface area contributed by atoms with Gasteiger partial charge >= 0.3 is 0 Å². The van der Waals surface area contributed by atoms with Crippen molar-refractivity contribution < 1.29 is 16.8 Å². The standard InChI is InChI=1S/C7H18N2O4S2/c1-6(14(10,11)8-4)7(2,3)15(12,13)9-5/h6,8-9H,1-5H3. The van der Waals surface area contributed by atoms with Gasteiger partial charge in [-0.05, 0) is 34.9 Å². The van der Waals surface area contributed by atoms with Crippen molar-refractivity contribution in [3.05, 3.63) is 0 Å². The maximum Gasteiger partial charge on any atom is 0.217 e. The molecule has 1 atom stereocenters. The molecule has 0 aliphatic rings. The zero-order chi connectivity index (χ0) is 12.5. The number of sulfonamides is 2. The quantitative estimate of drug-likeness (QED) is 0.679. The van der Waals surface area contributed by atoms with Gasteiger partial charge in [-0.15, -0.1) is 0 Å². The van der Waals surface area contributed by atoms with E-state index in [1.807, 2.05) is 0 Å². The minimum Gasteiger partial charge on any atom is -0.218 e. The van der Waals surface area contributed by atoms with Crippen LogP contribution in [0, 0.1) is 0 Å². The molecule has 0 amide bonds. The molecular formula is C7H18N2O4S2. The van der Waals surface area contributed by atoms with E-state index in [9.17, 15) is 16.8 Å². The Morgan fingerprint density at radius 3 is 1.67 bits per heavy atom. The molecule has 0 spiro atoms. The van der Waals surface area contributed by atoms with E-state index >= 15 is 0 Å². The van der Waals surface area contributed by atoms with E-state index in [-0.39, 0.29) is 0 Å². The summed E-state index contributed by atoms with van der Waals surface area (Å²) in [4.78, 5) is 0. The summed E-state index contributed by atoms with van der Waals surface area (Å²) in [5.41, 5.74) is 0. The lowest BCUT2D eigenvalue weighted by Gasteiger charge is -2.29. The first-order chi connectivity index (χ1) is 6.53. The van der Waals surface area contributed by atoms with Crippen LogP contribution in [0.5, 0.6) is 0 Å². The molecule has 0 aromatic rings. The van der Waals surface area contributed by atoms with Gasteiger partial charge in [0.15, 0.2) is 0 Å². The van der Waals surface area contributed by atoms with Crippen LogP contribution in [0.4, 0.5) is 0 Å². The largest absolute Gasteiger partial charge is 0.218 e. The molecule has 92 valence electrons. The van der Waals surface area contributed by atoms with Crippen LogP contribution in [-0.4, -0.2) is 40.9 Å².